The van der Waals surface area contributed by atoms with Crippen LogP contribution in [0.1, 0.15) is 39.3 Å². The van der Waals surface area contributed by atoms with Gasteiger partial charge >= 0.3 is 6.03 Å². The Labute approximate surface area is 172 Å². The maximum absolute atomic E-state index is 12.8. The summed E-state index contributed by atoms with van der Waals surface area (Å²) in [7, 11) is 0. The number of likely N-dealkylation sites (N-methyl/N-ethyl adjacent to an activating group) is 1. The van der Waals surface area contributed by atoms with Gasteiger partial charge in [-0.25, -0.2) is 4.79 Å². The average molecular weight is 399 g/mol. The van der Waals surface area contributed by atoms with E-state index >= 15 is 0 Å². The van der Waals surface area contributed by atoms with Crippen LogP contribution in [0, 0.1) is 0 Å². The first-order valence-electron chi connectivity index (χ1n) is 10.2. The Bertz CT molecular complexity index is 824. The lowest BCUT2D eigenvalue weighted by Crippen LogP contribution is -2.47. The van der Waals surface area contributed by atoms with Crippen molar-refractivity contribution < 1.29 is 19.0 Å². The Morgan fingerprint density at radius 1 is 1.17 bits per heavy atom. The summed E-state index contributed by atoms with van der Waals surface area (Å²) < 4.78 is 17.5. The van der Waals surface area contributed by atoms with E-state index in [9.17, 15) is 4.79 Å². The summed E-state index contributed by atoms with van der Waals surface area (Å²) in [5.74, 6) is 2.27. The first kappa shape index (κ1) is 20.8. The molecule has 2 atom stereocenters. The summed E-state index contributed by atoms with van der Waals surface area (Å²) in [5.41, 5.74) is 0.999. The summed E-state index contributed by atoms with van der Waals surface area (Å²) in [5, 5.41) is 3.07. The summed E-state index contributed by atoms with van der Waals surface area (Å²) in [6, 6.07) is 15.1. The van der Waals surface area contributed by atoms with Crippen LogP contribution < -0.4 is 19.5 Å². The van der Waals surface area contributed by atoms with Crippen LogP contribution in [-0.4, -0.2) is 42.8 Å². The third-order valence-corrected chi connectivity index (χ3v) is 4.73. The van der Waals surface area contributed by atoms with Gasteiger partial charge in [-0.05, 0) is 57.5 Å². The van der Waals surface area contributed by atoms with Crippen molar-refractivity contribution in [2.45, 2.75) is 45.9 Å². The lowest BCUT2D eigenvalue weighted by atomic mass is 10.1. The molecule has 0 aliphatic carbocycles. The molecule has 2 aromatic carbocycles. The molecule has 1 heterocycles. The van der Waals surface area contributed by atoms with E-state index in [-0.39, 0.29) is 24.3 Å². The topological polar surface area (TPSA) is 60.0 Å². The summed E-state index contributed by atoms with van der Waals surface area (Å²) >= 11 is 0. The Balaban J connectivity index is 1.58. The van der Waals surface area contributed by atoms with E-state index in [2.05, 4.69) is 5.32 Å². The highest BCUT2D eigenvalue weighted by Crippen LogP contribution is 2.31. The zero-order chi connectivity index (χ0) is 20.8. The zero-order valence-electron chi connectivity index (χ0n) is 17.6. The Kier molecular flexibility index (Phi) is 6.86. The predicted molar refractivity (Wildman–Crippen MR) is 113 cm³/mol. The summed E-state index contributed by atoms with van der Waals surface area (Å²) in [6.07, 6.45) is -0.0951. The van der Waals surface area contributed by atoms with Crippen molar-refractivity contribution in [3.63, 3.8) is 0 Å². The quantitative estimate of drug-likeness (QED) is 0.751. The molecule has 0 spiro atoms. The SMILES string of the molecule is CCN(CC1COc2ccccc2O1)C(=O)NC(C)c1cccc(OC(C)C)c1. The van der Waals surface area contributed by atoms with Crippen molar-refractivity contribution in [1.29, 1.82) is 0 Å². The second kappa shape index (κ2) is 9.54. The van der Waals surface area contributed by atoms with Crippen LogP contribution in [0.25, 0.3) is 0 Å². The molecule has 6 nitrogen and oxygen atoms in total. The van der Waals surface area contributed by atoms with E-state index in [1.54, 1.807) is 4.90 Å². The first-order valence-corrected chi connectivity index (χ1v) is 10.2. The average Bonchev–Trinajstić information content (AvgIpc) is 2.71. The number of nitrogens with zero attached hydrogens (tertiary/aromatic N) is 1. The van der Waals surface area contributed by atoms with Gasteiger partial charge in [-0.15, -0.1) is 0 Å². The molecular formula is C23H30N2O4. The number of hydrogen-bond acceptors (Lipinski definition) is 4. The lowest BCUT2D eigenvalue weighted by Gasteiger charge is -2.31. The van der Waals surface area contributed by atoms with Crippen LogP contribution in [0.4, 0.5) is 4.79 Å². The van der Waals surface area contributed by atoms with E-state index in [1.807, 2.05) is 76.2 Å². The smallest absolute Gasteiger partial charge is 0.317 e. The number of para-hydroxylation sites is 2. The number of ether oxygens (including phenoxy) is 3. The molecule has 2 amide bonds. The number of hydrogen-bond donors (Lipinski definition) is 1. The van der Waals surface area contributed by atoms with E-state index in [0.29, 0.717) is 19.7 Å². The molecule has 1 N–H and O–H groups in total. The van der Waals surface area contributed by atoms with Crippen LogP contribution in [0.3, 0.4) is 0 Å². The third-order valence-electron chi connectivity index (χ3n) is 4.73. The van der Waals surface area contributed by atoms with Crippen LogP contribution in [0.2, 0.25) is 0 Å². The minimum absolute atomic E-state index is 0.105. The largest absolute Gasteiger partial charge is 0.491 e. The van der Waals surface area contributed by atoms with Crippen LogP contribution in [0.15, 0.2) is 48.5 Å². The molecule has 29 heavy (non-hydrogen) atoms. The van der Waals surface area contributed by atoms with Gasteiger partial charge < -0.3 is 24.4 Å². The molecule has 0 aromatic heterocycles. The van der Waals surface area contributed by atoms with Crippen LogP contribution in [0.5, 0.6) is 17.2 Å². The van der Waals surface area contributed by atoms with Crippen molar-refractivity contribution in [1.82, 2.24) is 10.2 Å². The van der Waals surface area contributed by atoms with Gasteiger partial charge in [0.1, 0.15) is 12.4 Å². The van der Waals surface area contributed by atoms with Crippen LogP contribution >= 0.6 is 0 Å². The minimum Gasteiger partial charge on any atom is -0.491 e. The maximum Gasteiger partial charge on any atom is 0.317 e. The molecule has 156 valence electrons. The lowest BCUT2D eigenvalue weighted by molar-refractivity contribution is 0.0672. The highest BCUT2D eigenvalue weighted by molar-refractivity contribution is 5.74. The predicted octanol–water partition coefficient (Wildman–Crippen LogP) is 4.41. The van der Waals surface area contributed by atoms with Gasteiger partial charge in [0.2, 0.25) is 0 Å². The number of amides is 2. The number of rotatable bonds is 7. The van der Waals surface area contributed by atoms with Gasteiger partial charge in [-0.1, -0.05) is 24.3 Å². The molecule has 0 fully saturated rings. The third kappa shape index (κ3) is 5.56. The summed E-state index contributed by atoms with van der Waals surface area (Å²) in [4.78, 5) is 14.6. The second-order valence-electron chi connectivity index (χ2n) is 7.45. The fourth-order valence-electron chi connectivity index (χ4n) is 3.24. The first-order chi connectivity index (χ1) is 14.0. The molecule has 0 radical (unpaired) electrons. The van der Waals surface area contributed by atoms with Crippen molar-refractivity contribution in [3.05, 3.63) is 54.1 Å². The van der Waals surface area contributed by atoms with Crippen molar-refractivity contribution in [3.8, 4) is 17.2 Å². The van der Waals surface area contributed by atoms with Gasteiger partial charge in [-0.3, -0.25) is 0 Å². The molecule has 1 aliphatic rings. The molecular weight excluding hydrogens is 368 g/mol. The van der Waals surface area contributed by atoms with Gasteiger partial charge in [-0.2, -0.15) is 0 Å². The normalized spacial score (nSPS) is 16.2. The van der Waals surface area contributed by atoms with Gasteiger partial charge in [0.05, 0.1) is 18.7 Å². The highest BCUT2D eigenvalue weighted by Gasteiger charge is 2.25. The Hall–Kier alpha value is -2.89. The van der Waals surface area contributed by atoms with Gasteiger partial charge in [0.25, 0.3) is 0 Å². The van der Waals surface area contributed by atoms with E-state index in [4.69, 9.17) is 14.2 Å². The van der Waals surface area contributed by atoms with E-state index in [1.165, 1.54) is 0 Å². The van der Waals surface area contributed by atoms with Crippen molar-refractivity contribution in [2.24, 2.45) is 0 Å². The second-order valence-corrected chi connectivity index (χ2v) is 7.45. The number of benzene rings is 2. The molecule has 2 unspecified atom stereocenters. The summed E-state index contributed by atoms with van der Waals surface area (Å²) in [6.45, 7) is 9.37. The Morgan fingerprint density at radius 2 is 1.93 bits per heavy atom. The fraction of sp³-hybridized carbons (Fsp3) is 0.435. The van der Waals surface area contributed by atoms with E-state index in [0.717, 1.165) is 22.8 Å². The fourth-order valence-corrected chi connectivity index (χ4v) is 3.24. The molecule has 1 aliphatic heterocycles. The molecule has 3 rings (SSSR count). The zero-order valence-corrected chi connectivity index (χ0v) is 17.6. The molecule has 2 aromatic rings. The van der Waals surface area contributed by atoms with Crippen molar-refractivity contribution >= 4 is 6.03 Å². The minimum atomic E-state index is -0.200. The maximum atomic E-state index is 12.8. The number of nitrogens with one attached hydrogen (secondary N) is 1. The monoisotopic (exact) mass is 398 g/mol. The van der Waals surface area contributed by atoms with Gasteiger partial charge in [0.15, 0.2) is 17.6 Å². The standard InChI is InChI=1S/C23H30N2O4/c1-5-25(14-20-15-27-21-11-6-7-12-22(21)29-20)23(26)24-17(4)18-9-8-10-19(13-18)28-16(2)3/h6-13,16-17,20H,5,14-15H2,1-4H3,(H,24,26). The number of urea groups is 1. The number of fused-ring (bicyclic) bond motifs is 1. The molecule has 0 saturated carbocycles. The number of carbonyl (C=O) groups excluding carboxylic acids is 1. The van der Waals surface area contributed by atoms with Gasteiger partial charge in [0, 0.05) is 6.54 Å². The number of carbonyl (C=O) groups is 1. The van der Waals surface area contributed by atoms with E-state index < -0.39 is 0 Å². The Morgan fingerprint density at radius 3 is 2.66 bits per heavy atom. The van der Waals surface area contributed by atoms with Crippen molar-refractivity contribution in [2.75, 3.05) is 19.7 Å². The molecule has 6 heteroatoms. The molecule has 0 bridgehead atoms. The highest BCUT2D eigenvalue weighted by atomic mass is 16.6. The molecule has 0 saturated heterocycles. The van der Waals surface area contributed by atoms with Crippen LogP contribution in [-0.2, 0) is 0 Å².